The molecule has 63 heavy (non-hydrogen) atoms. The molecule has 0 aromatic heterocycles. The molecule has 0 aliphatic carbocycles. The number of thioether (sulfide) groups is 1. The van der Waals surface area contributed by atoms with Crippen LogP contribution in [0.3, 0.4) is 0 Å². The van der Waals surface area contributed by atoms with E-state index in [1.165, 1.54) is 49.8 Å². The number of hydrogen-bond acceptors (Lipinski definition) is 15. The number of hydrogen-bond donors (Lipinski definition) is 2. The van der Waals surface area contributed by atoms with Gasteiger partial charge in [0.05, 0.1) is 37.8 Å². The van der Waals surface area contributed by atoms with Crippen molar-refractivity contribution in [3.63, 3.8) is 0 Å². The van der Waals surface area contributed by atoms with E-state index in [9.17, 15) is 38.7 Å². The summed E-state index contributed by atoms with van der Waals surface area (Å²) in [5.41, 5.74) is -0.898. The normalized spacial score (nSPS) is 29.6. The molecule has 4 bridgehead atoms. The number of aliphatic hydroxyl groups is 1. The van der Waals surface area contributed by atoms with Gasteiger partial charge in [-0.2, -0.15) is 11.8 Å². The fourth-order valence-electron chi connectivity index (χ4n) is 7.76. The fraction of sp³-hybridized carbons (Fsp3) is 0.605. The molecular weight excluding hydrogens is 864 g/mol. The highest BCUT2D eigenvalue weighted by molar-refractivity contribution is 7.99. The van der Waals surface area contributed by atoms with Crippen LogP contribution in [0.2, 0.25) is 5.02 Å². The Hall–Kier alpha value is -4.69. The lowest BCUT2D eigenvalue weighted by atomic mass is 9.83. The van der Waals surface area contributed by atoms with Gasteiger partial charge in [-0.25, -0.2) is 14.4 Å². The highest BCUT2D eigenvalue weighted by Crippen LogP contribution is 2.49. The van der Waals surface area contributed by atoms with E-state index in [-0.39, 0.29) is 55.7 Å². The molecule has 0 unspecified atom stereocenters. The van der Waals surface area contributed by atoms with Crippen molar-refractivity contribution < 1.29 is 67.2 Å². The number of nitrogens with zero attached hydrogens (tertiary/aromatic N) is 3. The quantitative estimate of drug-likeness (QED) is 0.131. The number of carbonyl (C=O) groups is 7. The van der Waals surface area contributed by atoms with E-state index in [2.05, 4.69) is 5.32 Å². The number of fused-ring (bicyclic) bond motifs is 5. The zero-order chi connectivity index (χ0) is 46.4. The van der Waals surface area contributed by atoms with Crippen LogP contribution >= 0.6 is 23.4 Å². The maximum absolute atomic E-state index is 14.3. The fourth-order valence-corrected chi connectivity index (χ4v) is 8.90. The molecule has 3 saturated heterocycles. The number of methoxy groups -OCH3 is 2. The summed E-state index contributed by atoms with van der Waals surface area (Å²) in [6.07, 6.45) is 1.25. The first-order valence-corrected chi connectivity index (χ1v) is 22.2. The molecule has 8 atom stereocenters. The zero-order valence-corrected chi connectivity index (χ0v) is 38.4. The second-order valence-corrected chi connectivity index (χ2v) is 18.1. The Bertz CT molecular complexity index is 2000. The third kappa shape index (κ3) is 12.1. The second-order valence-electron chi connectivity index (χ2n) is 16.5. The Morgan fingerprint density at radius 3 is 2.43 bits per heavy atom. The van der Waals surface area contributed by atoms with Crippen LogP contribution in [0, 0.1) is 5.92 Å². The largest absolute Gasteiger partial charge is 0.495 e. The molecule has 0 radical (unpaired) electrons. The molecule has 4 aliphatic rings. The number of ether oxygens (including phenoxy) is 5. The van der Waals surface area contributed by atoms with Crippen LogP contribution in [0.25, 0.3) is 0 Å². The number of alkyl carbamates (subject to hydrolysis) is 1. The summed E-state index contributed by atoms with van der Waals surface area (Å²) in [4.78, 5) is 97.3. The molecule has 346 valence electrons. The highest BCUT2D eigenvalue weighted by atomic mass is 35.5. The monoisotopic (exact) mass is 920 g/mol. The molecule has 5 amide bonds. The van der Waals surface area contributed by atoms with Gasteiger partial charge in [0.2, 0.25) is 11.8 Å². The molecule has 18 nitrogen and oxygen atoms in total. The lowest BCUT2D eigenvalue weighted by molar-refractivity contribution is -0.197. The molecular formula is C43H57ClN4O14S. The van der Waals surface area contributed by atoms with E-state index in [1.807, 2.05) is 19.1 Å². The zero-order valence-electron chi connectivity index (χ0n) is 36.8. The number of hydroxylamine groups is 2. The van der Waals surface area contributed by atoms with Crippen LogP contribution in [0.4, 0.5) is 10.5 Å². The molecule has 4 heterocycles. The smallest absolute Gasteiger partial charge is 0.409 e. The second kappa shape index (κ2) is 20.9. The van der Waals surface area contributed by atoms with Crippen molar-refractivity contribution in [3.05, 3.63) is 46.5 Å². The molecule has 1 aromatic carbocycles. The first-order chi connectivity index (χ1) is 29.7. The van der Waals surface area contributed by atoms with Gasteiger partial charge in [-0.15, -0.1) is 5.06 Å². The highest BCUT2D eigenvalue weighted by Gasteiger charge is 2.64. The van der Waals surface area contributed by atoms with E-state index in [4.69, 9.17) is 40.1 Å². The van der Waals surface area contributed by atoms with Crippen molar-refractivity contribution >= 4 is 70.7 Å². The number of amides is 5. The average molecular weight is 921 g/mol. The number of benzene rings is 1. The molecule has 5 rings (SSSR count). The minimum atomic E-state index is -1.71. The van der Waals surface area contributed by atoms with Gasteiger partial charge in [0, 0.05) is 70.7 Å². The van der Waals surface area contributed by atoms with Crippen molar-refractivity contribution in [1.82, 2.24) is 15.3 Å². The Kier molecular flexibility index (Phi) is 16.3. The van der Waals surface area contributed by atoms with Gasteiger partial charge in [-0.3, -0.25) is 24.5 Å². The van der Waals surface area contributed by atoms with E-state index >= 15 is 0 Å². The summed E-state index contributed by atoms with van der Waals surface area (Å²) in [6, 6.07) is 2.46. The Balaban J connectivity index is 1.33. The summed E-state index contributed by atoms with van der Waals surface area (Å²) < 4.78 is 29.3. The summed E-state index contributed by atoms with van der Waals surface area (Å²) in [5.74, 6) is -3.25. The number of anilines is 1. The molecule has 1 aromatic rings. The number of nitrogens with one attached hydrogen (secondary N) is 1. The van der Waals surface area contributed by atoms with Gasteiger partial charge in [-0.05, 0) is 44.9 Å². The van der Waals surface area contributed by atoms with Crippen molar-refractivity contribution in [1.29, 1.82) is 0 Å². The van der Waals surface area contributed by atoms with Crippen LogP contribution in [-0.2, 0) is 59.0 Å². The summed E-state index contributed by atoms with van der Waals surface area (Å²) >= 11 is 8.06. The van der Waals surface area contributed by atoms with Crippen LogP contribution in [0.15, 0.2) is 35.9 Å². The lowest BCUT2D eigenvalue weighted by Crippen LogP contribution is -2.59. The number of halogens is 1. The van der Waals surface area contributed by atoms with E-state index in [1.54, 1.807) is 39.1 Å². The number of epoxide rings is 1. The number of allylic oxidation sites excluding steroid dienone is 3. The molecule has 20 heteroatoms. The molecule has 2 N–H and O–H groups in total. The van der Waals surface area contributed by atoms with Crippen molar-refractivity contribution in [3.8, 4) is 5.75 Å². The predicted octanol–water partition coefficient (Wildman–Crippen LogP) is 4.03. The average Bonchev–Trinajstić information content (AvgIpc) is 3.84. The molecule has 3 fully saturated rings. The van der Waals surface area contributed by atoms with Crippen LogP contribution in [-0.4, -0.2) is 138 Å². The molecule has 0 spiro atoms. The summed E-state index contributed by atoms with van der Waals surface area (Å²) in [7, 11) is 5.97. The topological polar surface area (TPSA) is 220 Å². The number of carbonyl (C=O) groups excluding carboxylic acids is 7. The minimum Gasteiger partial charge on any atom is -0.495 e. The van der Waals surface area contributed by atoms with Gasteiger partial charge in [0.25, 0.3) is 11.8 Å². The number of imide groups is 1. The van der Waals surface area contributed by atoms with Crippen molar-refractivity contribution in [2.75, 3.05) is 44.7 Å². The van der Waals surface area contributed by atoms with E-state index in [0.29, 0.717) is 28.7 Å². The minimum absolute atomic E-state index is 0.00534. The van der Waals surface area contributed by atoms with E-state index < -0.39 is 89.4 Å². The summed E-state index contributed by atoms with van der Waals surface area (Å²) in [5, 5.41) is 14.9. The SMILES string of the molecule is COc1cc2cc(c1Cl)N(C)C(=O)C[C@H](OC(=O)[C@H](C)N(C)C(=O)CCSCCC(=O)ON1C(=O)CCC1=O)[C@]1(C)O[C@H]1[C@H](C)[C@@H]1C[C@](O)(C[C@H](OC)/C=C/C=C(\C)C2)NC(=O)O1. The van der Waals surface area contributed by atoms with Gasteiger partial charge < -0.3 is 43.4 Å². The Morgan fingerprint density at radius 1 is 1.08 bits per heavy atom. The van der Waals surface area contributed by atoms with Crippen molar-refractivity contribution in [2.24, 2.45) is 5.92 Å². The van der Waals surface area contributed by atoms with Gasteiger partial charge in [0.1, 0.15) is 40.3 Å². The van der Waals surface area contributed by atoms with Crippen LogP contribution < -0.4 is 15.0 Å². The number of rotatable bonds is 12. The first kappa shape index (κ1) is 49.3. The molecule has 4 aliphatic heterocycles. The Morgan fingerprint density at radius 2 is 1.76 bits per heavy atom. The van der Waals surface area contributed by atoms with Crippen LogP contribution in [0.5, 0.6) is 5.75 Å². The van der Waals surface area contributed by atoms with Gasteiger partial charge in [0.15, 0.2) is 0 Å². The van der Waals surface area contributed by atoms with E-state index in [0.717, 1.165) is 11.1 Å². The maximum atomic E-state index is 14.3. The predicted molar refractivity (Wildman–Crippen MR) is 229 cm³/mol. The lowest BCUT2D eigenvalue weighted by Gasteiger charge is -2.40. The maximum Gasteiger partial charge on any atom is 0.409 e. The number of esters is 1. The van der Waals surface area contributed by atoms with Crippen molar-refractivity contribution in [2.45, 2.75) is 121 Å². The Labute approximate surface area is 375 Å². The molecule has 0 saturated carbocycles. The standard InChI is InChI=1S/C43H57ClN4O14S/c1-24-10-9-11-28(57-7)22-43(56)23-31(59-41(55)45-43)25(2)39-42(4,61-39)32(21-36(52)47(6)29-19-27(18-24)20-30(58-8)38(29)44)60-40(54)26(3)46(5)33(49)14-16-63-17-15-37(53)62-48-34(50)12-13-35(48)51/h9-11,19-20,25-26,28,31-32,39,56H,12-18,21-23H2,1-8H3,(H,45,55)/b11-9+,24-10+/t25-,26+,28-,31+,32+,39+,42+,43-/m1/s1. The first-order valence-electron chi connectivity index (χ1n) is 20.7. The third-order valence-corrected chi connectivity index (χ3v) is 13.2. The summed E-state index contributed by atoms with van der Waals surface area (Å²) in [6.45, 7) is 6.89. The third-order valence-electron chi connectivity index (χ3n) is 11.8. The number of likely N-dealkylation sites (N-methyl/N-ethyl adjacent to an activating group) is 1. The van der Waals surface area contributed by atoms with Gasteiger partial charge >= 0.3 is 18.0 Å². The van der Waals surface area contributed by atoms with Gasteiger partial charge in [-0.1, -0.05) is 42.3 Å². The van der Waals surface area contributed by atoms with Crippen LogP contribution in [0.1, 0.15) is 78.2 Å².